The molecule has 3 N–H and O–H groups in total. The lowest BCUT2D eigenvalue weighted by Gasteiger charge is -2.20. The Hall–Kier alpha value is -3.85. The summed E-state index contributed by atoms with van der Waals surface area (Å²) in [7, 11) is 0. The Kier molecular flexibility index (Phi) is 8.49. The summed E-state index contributed by atoms with van der Waals surface area (Å²) in [5.74, 6) is -2.14. The Morgan fingerprint density at radius 2 is 1.73 bits per heavy atom. The van der Waals surface area contributed by atoms with E-state index < -0.39 is 60.7 Å². The summed E-state index contributed by atoms with van der Waals surface area (Å²) >= 11 is 5.85. The molecule has 2 aromatic carbocycles. The molecule has 41 heavy (non-hydrogen) atoms. The van der Waals surface area contributed by atoms with E-state index in [1.165, 1.54) is 30.3 Å². The molecule has 0 radical (unpaired) electrons. The van der Waals surface area contributed by atoms with E-state index in [0.717, 1.165) is 12.1 Å². The topological polar surface area (TPSA) is 118 Å². The van der Waals surface area contributed by atoms with E-state index in [2.05, 4.69) is 15.7 Å². The van der Waals surface area contributed by atoms with Crippen LogP contribution in [-0.2, 0) is 28.9 Å². The molecular weight excluding hydrogens is 584 g/mol. The Morgan fingerprint density at radius 1 is 1.07 bits per heavy atom. The molecule has 1 aromatic heterocycles. The van der Waals surface area contributed by atoms with Crippen LogP contribution in [0.4, 0.5) is 26.3 Å². The number of carbonyl (C=O) groups excluding carboxylic acids is 2. The molecule has 3 aromatic rings. The van der Waals surface area contributed by atoms with Crippen molar-refractivity contribution in [1.82, 2.24) is 25.0 Å². The lowest BCUT2D eigenvalue weighted by atomic mass is 10.0. The number of hydrogen-bond donors (Lipinski definition) is 3. The highest BCUT2D eigenvalue weighted by molar-refractivity contribution is 6.30. The SMILES string of the molecule is O=C(Cn1nc(-c2ccc(Cl)cc2)n(CC(O)C(F)(F)F)c1=O)NC(C(=O)NC1CC1)c1cccc(C(F)(F)F)c1. The molecular formula is C25H22ClF6N5O4. The van der Waals surface area contributed by atoms with E-state index >= 15 is 0 Å². The number of alkyl halides is 6. The van der Waals surface area contributed by atoms with Crippen LogP contribution in [0.5, 0.6) is 0 Å². The first-order valence-electron chi connectivity index (χ1n) is 12.1. The number of aromatic nitrogens is 3. The van der Waals surface area contributed by atoms with Gasteiger partial charge in [0.25, 0.3) is 0 Å². The maximum Gasteiger partial charge on any atom is 0.416 e. The second-order valence-corrected chi connectivity index (χ2v) is 9.78. The second-order valence-electron chi connectivity index (χ2n) is 9.35. The first-order valence-corrected chi connectivity index (χ1v) is 12.5. The molecule has 2 amide bonds. The normalized spacial score (nSPS) is 15.3. The number of benzene rings is 2. The average molecular weight is 606 g/mol. The summed E-state index contributed by atoms with van der Waals surface area (Å²) in [4.78, 5) is 38.8. The number of rotatable bonds is 9. The molecule has 1 aliphatic carbocycles. The van der Waals surface area contributed by atoms with Crippen LogP contribution in [-0.4, -0.2) is 49.6 Å². The van der Waals surface area contributed by atoms with Crippen LogP contribution in [0.15, 0.2) is 53.3 Å². The minimum Gasteiger partial charge on any atom is -0.382 e. The van der Waals surface area contributed by atoms with Gasteiger partial charge in [0.2, 0.25) is 11.8 Å². The minimum absolute atomic E-state index is 0.144. The third-order valence-corrected chi connectivity index (χ3v) is 6.34. The molecule has 1 heterocycles. The van der Waals surface area contributed by atoms with Crippen molar-refractivity contribution in [3.05, 3.63) is 75.2 Å². The van der Waals surface area contributed by atoms with E-state index in [1.807, 2.05) is 0 Å². The molecule has 4 rings (SSSR count). The predicted molar refractivity (Wildman–Crippen MR) is 132 cm³/mol. The van der Waals surface area contributed by atoms with E-state index in [1.54, 1.807) is 0 Å². The van der Waals surface area contributed by atoms with Crippen molar-refractivity contribution in [2.45, 2.75) is 56.5 Å². The maximum absolute atomic E-state index is 13.3. The fraction of sp³-hybridized carbons (Fsp3) is 0.360. The number of amides is 2. The van der Waals surface area contributed by atoms with Crippen molar-refractivity contribution in [2.75, 3.05) is 0 Å². The fourth-order valence-electron chi connectivity index (χ4n) is 3.85. The summed E-state index contributed by atoms with van der Waals surface area (Å²) in [6, 6.07) is 7.48. The Morgan fingerprint density at radius 3 is 2.32 bits per heavy atom. The molecule has 9 nitrogen and oxygen atoms in total. The molecule has 2 atom stereocenters. The molecule has 1 fully saturated rings. The fourth-order valence-corrected chi connectivity index (χ4v) is 3.97. The number of halogens is 7. The monoisotopic (exact) mass is 605 g/mol. The Labute approximate surface area is 232 Å². The summed E-state index contributed by atoms with van der Waals surface area (Å²) in [5.41, 5.74) is -2.28. The Bertz CT molecular complexity index is 1480. The van der Waals surface area contributed by atoms with Gasteiger partial charge in [-0.25, -0.2) is 9.48 Å². The van der Waals surface area contributed by atoms with Gasteiger partial charge in [0.1, 0.15) is 12.6 Å². The zero-order valence-electron chi connectivity index (χ0n) is 20.8. The lowest BCUT2D eigenvalue weighted by molar-refractivity contribution is -0.207. The van der Waals surface area contributed by atoms with Gasteiger partial charge in [-0.2, -0.15) is 26.3 Å². The highest BCUT2D eigenvalue weighted by Gasteiger charge is 2.39. The third-order valence-electron chi connectivity index (χ3n) is 6.09. The van der Waals surface area contributed by atoms with E-state index in [4.69, 9.17) is 11.6 Å². The van der Waals surface area contributed by atoms with Gasteiger partial charge in [-0.05, 0) is 54.8 Å². The van der Waals surface area contributed by atoms with Crippen molar-refractivity contribution in [3.63, 3.8) is 0 Å². The van der Waals surface area contributed by atoms with Gasteiger partial charge in [-0.1, -0.05) is 23.7 Å². The first-order chi connectivity index (χ1) is 19.1. The van der Waals surface area contributed by atoms with Crippen molar-refractivity contribution in [1.29, 1.82) is 0 Å². The van der Waals surface area contributed by atoms with Crippen LogP contribution < -0.4 is 16.3 Å². The van der Waals surface area contributed by atoms with E-state index in [0.29, 0.717) is 28.2 Å². The van der Waals surface area contributed by atoms with Gasteiger partial charge in [0.15, 0.2) is 11.9 Å². The van der Waals surface area contributed by atoms with Crippen molar-refractivity contribution in [2.24, 2.45) is 0 Å². The summed E-state index contributed by atoms with van der Waals surface area (Å²) in [6.45, 7) is -2.14. The molecule has 0 saturated heterocycles. The second kappa shape index (κ2) is 11.6. The van der Waals surface area contributed by atoms with Gasteiger partial charge < -0.3 is 15.7 Å². The van der Waals surface area contributed by atoms with Gasteiger partial charge in [0.05, 0.1) is 12.1 Å². The highest BCUT2D eigenvalue weighted by Crippen LogP contribution is 2.31. The van der Waals surface area contributed by atoms with Crippen LogP contribution in [0.1, 0.15) is 30.0 Å². The number of hydrogen-bond acceptors (Lipinski definition) is 5. The summed E-state index contributed by atoms with van der Waals surface area (Å²) in [5, 5.41) is 18.7. The van der Waals surface area contributed by atoms with Crippen LogP contribution in [0, 0.1) is 0 Å². The molecule has 16 heteroatoms. The lowest BCUT2D eigenvalue weighted by Crippen LogP contribution is -2.43. The summed E-state index contributed by atoms with van der Waals surface area (Å²) < 4.78 is 80.1. The standard InChI is InChI=1S/C25H22ClF6N5O4/c26-16-6-4-13(5-7-16)21-35-37(23(41)36(21)11-18(38)25(30,31)32)12-19(39)34-20(22(40)33-17-8-9-17)14-2-1-3-15(10-14)24(27,28)29/h1-7,10,17-18,20,38H,8-9,11-12H2,(H,33,40)(H,34,39). The van der Waals surface area contributed by atoms with E-state index in [9.17, 15) is 45.8 Å². The predicted octanol–water partition coefficient (Wildman–Crippen LogP) is 3.44. The van der Waals surface area contributed by atoms with Gasteiger partial charge in [0, 0.05) is 16.6 Å². The van der Waals surface area contributed by atoms with Crippen molar-refractivity contribution >= 4 is 23.4 Å². The number of aliphatic hydroxyl groups excluding tert-OH is 1. The first kappa shape index (κ1) is 30.1. The van der Waals surface area contributed by atoms with Crippen molar-refractivity contribution in [3.8, 4) is 11.4 Å². The molecule has 0 aliphatic heterocycles. The van der Waals surface area contributed by atoms with Gasteiger partial charge in [-0.15, -0.1) is 5.10 Å². The third kappa shape index (κ3) is 7.47. The zero-order valence-corrected chi connectivity index (χ0v) is 21.6. The number of carbonyl (C=O) groups is 2. The molecule has 1 aliphatic rings. The smallest absolute Gasteiger partial charge is 0.382 e. The van der Waals surface area contributed by atoms with E-state index in [-0.39, 0.29) is 28.0 Å². The summed E-state index contributed by atoms with van der Waals surface area (Å²) in [6.07, 6.45) is -11.4. The molecule has 1 saturated carbocycles. The quantitative estimate of drug-likeness (QED) is 0.323. The molecule has 220 valence electrons. The number of aliphatic hydroxyl groups is 1. The molecule has 0 spiro atoms. The number of nitrogens with zero attached hydrogens (tertiary/aromatic N) is 3. The Balaban J connectivity index is 1.64. The molecule has 2 unspecified atom stereocenters. The average Bonchev–Trinajstić information content (AvgIpc) is 3.66. The van der Waals surface area contributed by atoms with Crippen LogP contribution in [0.3, 0.4) is 0 Å². The van der Waals surface area contributed by atoms with Gasteiger partial charge >= 0.3 is 18.0 Å². The van der Waals surface area contributed by atoms with Crippen LogP contribution in [0.25, 0.3) is 11.4 Å². The van der Waals surface area contributed by atoms with Crippen LogP contribution in [0.2, 0.25) is 5.02 Å². The van der Waals surface area contributed by atoms with Crippen molar-refractivity contribution < 1.29 is 41.0 Å². The van der Waals surface area contributed by atoms with Gasteiger partial charge in [-0.3, -0.25) is 14.2 Å². The minimum atomic E-state index is -5.07. The highest BCUT2D eigenvalue weighted by atomic mass is 35.5. The largest absolute Gasteiger partial charge is 0.416 e. The zero-order chi connectivity index (χ0) is 30.1. The van der Waals surface area contributed by atoms with Crippen LogP contribution >= 0.6 is 11.6 Å². The number of nitrogens with one attached hydrogen (secondary N) is 2. The molecule has 0 bridgehead atoms. The maximum atomic E-state index is 13.3.